The molecule has 1 N–H and O–H groups in total. The number of carbonyl (C=O) groups is 1. The van der Waals surface area contributed by atoms with Crippen molar-refractivity contribution < 1.29 is 9.53 Å². The minimum absolute atomic E-state index is 0.157. The fourth-order valence-electron chi connectivity index (χ4n) is 2.22. The Kier molecular flexibility index (Phi) is 9.93. The highest BCUT2D eigenvalue weighted by Crippen LogP contribution is 2.08. The minimum Gasteiger partial charge on any atom is -0.375 e. The maximum absolute atomic E-state index is 11.6. The molecule has 0 spiro atoms. The molecule has 0 aromatic carbocycles. The van der Waals surface area contributed by atoms with E-state index in [2.05, 4.69) is 30.5 Å². The van der Waals surface area contributed by atoms with Crippen molar-refractivity contribution in [1.82, 2.24) is 5.32 Å². The van der Waals surface area contributed by atoms with Crippen molar-refractivity contribution in [2.24, 2.45) is 0 Å². The van der Waals surface area contributed by atoms with Gasteiger partial charge in [0, 0.05) is 13.0 Å². The molecule has 1 amide bonds. The molecule has 114 valence electrons. The van der Waals surface area contributed by atoms with Crippen LogP contribution in [0.4, 0.5) is 0 Å². The predicted molar refractivity (Wildman–Crippen MR) is 83.7 cm³/mol. The highest BCUT2D eigenvalue weighted by atomic mass is 16.5. The quantitative estimate of drug-likeness (QED) is 0.552. The van der Waals surface area contributed by atoms with E-state index >= 15 is 0 Å². The Balaban J connectivity index is 1.83. The summed E-state index contributed by atoms with van der Waals surface area (Å²) in [6.45, 7) is 4.08. The van der Waals surface area contributed by atoms with Crippen LogP contribution in [0.5, 0.6) is 0 Å². The molecule has 0 radical (unpaired) electrons. The van der Waals surface area contributed by atoms with Crippen LogP contribution in [0.25, 0.3) is 0 Å². The number of hydrogen-bond acceptors (Lipinski definition) is 2. The van der Waals surface area contributed by atoms with Gasteiger partial charge in [-0.2, -0.15) is 0 Å². The topological polar surface area (TPSA) is 38.3 Å². The van der Waals surface area contributed by atoms with E-state index in [1.807, 2.05) is 0 Å². The van der Waals surface area contributed by atoms with Crippen molar-refractivity contribution >= 4 is 5.91 Å². The molecule has 0 fully saturated rings. The van der Waals surface area contributed by atoms with Gasteiger partial charge in [-0.05, 0) is 18.4 Å². The normalized spacial score (nSPS) is 13.6. The molecule has 0 unspecified atom stereocenters. The zero-order chi connectivity index (χ0) is 14.5. The van der Waals surface area contributed by atoms with Crippen molar-refractivity contribution in [3.8, 4) is 0 Å². The Morgan fingerprint density at radius 1 is 1.25 bits per heavy atom. The van der Waals surface area contributed by atoms with Crippen molar-refractivity contribution in [2.45, 2.75) is 58.3 Å². The van der Waals surface area contributed by atoms with E-state index in [0.717, 1.165) is 12.8 Å². The molecule has 1 rings (SSSR count). The first-order valence-electron chi connectivity index (χ1n) is 8.03. The van der Waals surface area contributed by atoms with Gasteiger partial charge in [0.15, 0.2) is 0 Å². The molecule has 0 atom stereocenters. The molecule has 0 heterocycles. The zero-order valence-electron chi connectivity index (χ0n) is 12.8. The molecule has 0 bridgehead atoms. The lowest BCUT2D eigenvalue weighted by atomic mass is 10.1. The van der Waals surface area contributed by atoms with E-state index in [1.54, 1.807) is 0 Å². The Bertz CT molecular complexity index is 321. The summed E-state index contributed by atoms with van der Waals surface area (Å²) in [6, 6.07) is 0. The Hall–Kier alpha value is -1.09. The van der Waals surface area contributed by atoms with E-state index in [9.17, 15) is 4.79 Å². The van der Waals surface area contributed by atoms with Gasteiger partial charge in [-0.15, -0.1) is 0 Å². The summed E-state index contributed by atoms with van der Waals surface area (Å²) < 4.78 is 5.50. The first kappa shape index (κ1) is 17.0. The van der Waals surface area contributed by atoms with Gasteiger partial charge in [-0.25, -0.2) is 0 Å². The highest BCUT2D eigenvalue weighted by molar-refractivity contribution is 5.75. The van der Waals surface area contributed by atoms with Crippen LogP contribution in [-0.2, 0) is 9.53 Å². The lowest BCUT2D eigenvalue weighted by Crippen LogP contribution is -2.27. The molecule has 3 heteroatoms. The van der Waals surface area contributed by atoms with Crippen molar-refractivity contribution in [2.75, 3.05) is 19.8 Å². The lowest BCUT2D eigenvalue weighted by Gasteiger charge is -2.06. The predicted octanol–water partition coefficient (Wildman–Crippen LogP) is 3.76. The first-order valence-corrected chi connectivity index (χ1v) is 8.03. The summed E-state index contributed by atoms with van der Waals surface area (Å²) in [5.41, 5.74) is 1.24. The van der Waals surface area contributed by atoms with Gasteiger partial charge >= 0.3 is 0 Å². The molecule has 0 aromatic rings. The Morgan fingerprint density at radius 3 is 2.80 bits per heavy atom. The summed E-state index contributed by atoms with van der Waals surface area (Å²) in [6.07, 6.45) is 15.4. The summed E-state index contributed by atoms with van der Waals surface area (Å²) in [5, 5.41) is 2.91. The summed E-state index contributed by atoms with van der Waals surface area (Å²) >= 11 is 0. The number of unbranched alkanes of at least 4 members (excludes halogenated alkanes) is 5. The van der Waals surface area contributed by atoms with Crippen molar-refractivity contribution in [3.63, 3.8) is 0 Å². The third-order valence-corrected chi connectivity index (χ3v) is 3.44. The number of ether oxygens (including phenoxy) is 1. The number of allylic oxidation sites excluding steroid dienone is 2. The first-order chi connectivity index (χ1) is 9.83. The van der Waals surface area contributed by atoms with E-state index in [0.29, 0.717) is 26.2 Å². The number of hydrogen-bond donors (Lipinski definition) is 1. The maximum Gasteiger partial charge on any atom is 0.220 e. The molecular weight excluding hydrogens is 250 g/mol. The molecule has 0 aliphatic heterocycles. The van der Waals surface area contributed by atoms with Gasteiger partial charge in [0.2, 0.25) is 5.91 Å². The molecule has 3 nitrogen and oxygen atoms in total. The van der Waals surface area contributed by atoms with Crippen LogP contribution >= 0.6 is 0 Å². The fourth-order valence-corrected chi connectivity index (χ4v) is 2.22. The van der Waals surface area contributed by atoms with Crippen LogP contribution in [0.15, 0.2) is 23.8 Å². The third-order valence-electron chi connectivity index (χ3n) is 3.44. The van der Waals surface area contributed by atoms with Crippen LogP contribution in [0.2, 0.25) is 0 Å². The molecule has 0 saturated carbocycles. The van der Waals surface area contributed by atoms with Gasteiger partial charge in [-0.3, -0.25) is 4.79 Å². The third kappa shape index (κ3) is 8.92. The second kappa shape index (κ2) is 11.7. The lowest BCUT2D eigenvalue weighted by molar-refractivity contribution is -0.121. The maximum atomic E-state index is 11.6. The summed E-state index contributed by atoms with van der Waals surface area (Å²) in [5.74, 6) is 0.157. The van der Waals surface area contributed by atoms with Crippen LogP contribution in [0.3, 0.4) is 0 Å². The van der Waals surface area contributed by atoms with Crippen LogP contribution in [0, 0.1) is 0 Å². The average molecular weight is 279 g/mol. The second-order valence-electron chi connectivity index (χ2n) is 5.34. The van der Waals surface area contributed by atoms with E-state index in [4.69, 9.17) is 4.74 Å². The smallest absolute Gasteiger partial charge is 0.220 e. The molecule has 20 heavy (non-hydrogen) atoms. The summed E-state index contributed by atoms with van der Waals surface area (Å²) in [4.78, 5) is 11.6. The van der Waals surface area contributed by atoms with Crippen LogP contribution in [0.1, 0.15) is 58.3 Å². The Labute approximate surface area is 123 Å². The number of rotatable bonds is 12. The van der Waals surface area contributed by atoms with Gasteiger partial charge in [0.1, 0.15) is 0 Å². The summed E-state index contributed by atoms with van der Waals surface area (Å²) in [7, 11) is 0. The second-order valence-corrected chi connectivity index (χ2v) is 5.34. The zero-order valence-corrected chi connectivity index (χ0v) is 12.8. The van der Waals surface area contributed by atoms with Gasteiger partial charge in [-0.1, -0.05) is 57.3 Å². The van der Waals surface area contributed by atoms with Crippen LogP contribution < -0.4 is 5.32 Å². The highest BCUT2D eigenvalue weighted by Gasteiger charge is 2.01. The van der Waals surface area contributed by atoms with E-state index in [1.165, 1.54) is 37.7 Å². The van der Waals surface area contributed by atoms with Gasteiger partial charge in [0.05, 0.1) is 13.2 Å². The number of nitrogens with one attached hydrogen (secondary N) is 1. The molecule has 0 saturated heterocycles. The molecule has 1 aliphatic carbocycles. The molecule has 0 aromatic heterocycles. The monoisotopic (exact) mass is 279 g/mol. The number of carbonyl (C=O) groups excluding carboxylic acids is 1. The van der Waals surface area contributed by atoms with E-state index in [-0.39, 0.29) is 5.91 Å². The fraction of sp³-hybridized carbons (Fsp3) is 0.706. The van der Waals surface area contributed by atoms with Crippen molar-refractivity contribution in [3.05, 3.63) is 23.8 Å². The Morgan fingerprint density at radius 2 is 2.05 bits per heavy atom. The van der Waals surface area contributed by atoms with Gasteiger partial charge < -0.3 is 10.1 Å². The minimum atomic E-state index is 0.157. The molecule has 1 aliphatic rings. The number of amides is 1. The van der Waals surface area contributed by atoms with Crippen molar-refractivity contribution in [1.29, 1.82) is 0 Å². The largest absolute Gasteiger partial charge is 0.375 e. The SMILES string of the molecule is CCCCCCCCC(=O)NCCOCC1=CCC=C1. The standard InChI is InChI=1S/C17H29NO2/c1-2-3-4-5-6-7-12-17(19)18-13-14-20-15-16-10-8-9-11-16/h8,10-11H,2-7,9,12-15H2,1H3,(H,18,19). The van der Waals surface area contributed by atoms with Gasteiger partial charge in [0.25, 0.3) is 0 Å². The molecular formula is C17H29NO2. The average Bonchev–Trinajstić information content (AvgIpc) is 2.95. The van der Waals surface area contributed by atoms with Crippen LogP contribution in [-0.4, -0.2) is 25.7 Å². The van der Waals surface area contributed by atoms with E-state index < -0.39 is 0 Å².